The second kappa shape index (κ2) is 16.8. The van der Waals surface area contributed by atoms with E-state index in [1.54, 1.807) is 11.3 Å². The SMILES string of the molecule is CCN=c1cc2oc3cc(NCC)c(C)cc3c(-c3ccccc3C(=O)OCC)c-2cc1C.Cl.Nc1ccc2nc3ccc(=[NH2+])cc-3sc2c1.[Cl-]. The number of aryl methyl sites for hydroxylation is 2. The first-order chi connectivity index (χ1) is 23.7. The number of rotatable bonds is 6. The van der Waals surface area contributed by atoms with Crippen molar-refractivity contribution < 1.29 is 31.8 Å². The van der Waals surface area contributed by atoms with E-state index in [9.17, 15) is 4.79 Å². The predicted octanol–water partition coefficient (Wildman–Crippen LogP) is 4.42. The molecule has 5 N–H and O–H groups in total. The molecule has 3 aromatic rings. The molecule has 2 heterocycles. The van der Waals surface area contributed by atoms with Crippen LogP contribution in [-0.2, 0) is 4.74 Å². The highest BCUT2D eigenvalue weighted by atomic mass is 35.5. The molecule has 11 heteroatoms. The van der Waals surface area contributed by atoms with E-state index in [1.165, 1.54) is 0 Å². The van der Waals surface area contributed by atoms with Gasteiger partial charge in [0.1, 0.15) is 11.3 Å². The average molecular weight is 743 g/mol. The molecule has 7 rings (SSSR count). The number of fused-ring (bicyclic) bond motifs is 4. The van der Waals surface area contributed by atoms with E-state index < -0.39 is 0 Å². The number of carbonyl (C=O) groups is 1. The van der Waals surface area contributed by atoms with E-state index in [0.29, 0.717) is 18.7 Å². The minimum absolute atomic E-state index is 0. The fraction of sp³-hybridized carbons (Fsp3) is 0.200. The summed E-state index contributed by atoms with van der Waals surface area (Å²) in [4.78, 5) is 23.1. The Morgan fingerprint density at radius 3 is 2.49 bits per heavy atom. The molecule has 0 radical (unpaired) electrons. The molecule has 51 heavy (non-hydrogen) atoms. The molecule has 8 nitrogen and oxygen atoms in total. The van der Waals surface area contributed by atoms with Crippen molar-refractivity contribution in [1.82, 2.24) is 4.98 Å². The summed E-state index contributed by atoms with van der Waals surface area (Å²) >= 11 is 1.66. The van der Waals surface area contributed by atoms with Crippen molar-refractivity contribution in [1.29, 1.82) is 0 Å². The van der Waals surface area contributed by atoms with Gasteiger partial charge in [-0.25, -0.2) is 9.78 Å². The smallest absolute Gasteiger partial charge is 0.338 e. The normalized spacial score (nSPS) is 11.1. The van der Waals surface area contributed by atoms with Gasteiger partial charge in [0.05, 0.1) is 38.3 Å². The van der Waals surface area contributed by atoms with Crippen LogP contribution in [0.5, 0.6) is 0 Å². The van der Waals surface area contributed by atoms with Crippen molar-refractivity contribution in [3.05, 3.63) is 112 Å². The predicted molar refractivity (Wildman–Crippen MR) is 207 cm³/mol. The van der Waals surface area contributed by atoms with Crippen molar-refractivity contribution in [3.63, 3.8) is 0 Å². The molecule has 0 saturated heterocycles. The van der Waals surface area contributed by atoms with Crippen LogP contribution in [0.1, 0.15) is 42.3 Å². The van der Waals surface area contributed by atoms with Crippen molar-refractivity contribution in [3.8, 4) is 33.0 Å². The molecule has 0 fully saturated rings. The highest BCUT2D eigenvalue weighted by Gasteiger charge is 2.23. The highest BCUT2D eigenvalue weighted by molar-refractivity contribution is 7.21. The van der Waals surface area contributed by atoms with Crippen LogP contribution in [0.3, 0.4) is 0 Å². The van der Waals surface area contributed by atoms with Crippen molar-refractivity contribution >= 4 is 62.3 Å². The summed E-state index contributed by atoms with van der Waals surface area (Å²) in [6, 6.07) is 27.4. The number of nitrogens with one attached hydrogen (secondary N) is 1. The number of esters is 1. The van der Waals surface area contributed by atoms with E-state index in [2.05, 4.69) is 48.2 Å². The minimum atomic E-state index is -0.328. The Morgan fingerprint density at radius 2 is 1.75 bits per heavy atom. The zero-order chi connectivity index (χ0) is 34.7. The molecule has 2 aliphatic heterocycles. The quantitative estimate of drug-likeness (QED) is 0.132. The number of nitrogens with zero attached hydrogens (tertiary/aromatic N) is 2. The number of benzene rings is 5. The molecule has 264 valence electrons. The van der Waals surface area contributed by atoms with Gasteiger partial charge >= 0.3 is 5.97 Å². The largest absolute Gasteiger partial charge is 1.00 e. The lowest BCUT2D eigenvalue weighted by atomic mass is 9.89. The third-order valence-electron chi connectivity index (χ3n) is 8.20. The van der Waals surface area contributed by atoms with Gasteiger partial charge in [-0.15, -0.1) is 23.7 Å². The minimum Gasteiger partial charge on any atom is -1.00 e. The second-order valence-electron chi connectivity index (χ2n) is 11.7. The number of hydrogen-bond acceptors (Lipinski definition) is 8. The molecular weight excluding hydrogens is 701 g/mol. The lowest BCUT2D eigenvalue weighted by molar-refractivity contribution is -0.172. The maximum atomic E-state index is 12.9. The van der Waals surface area contributed by atoms with Gasteiger partial charge in [0.25, 0.3) is 0 Å². The van der Waals surface area contributed by atoms with E-state index in [0.717, 1.165) is 94.0 Å². The van der Waals surface area contributed by atoms with Crippen LogP contribution < -0.4 is 39.6 Å². The van der Waals surface area contributed by atoms with E-state index >= 15 is 0 Å². The molecule has 0 bridgehead atoms. The summed E-state index contributed by atoms with van der Waals surface area (Å²) in [6.07, 6.45) is 0. The first-order valence-electron chi connectivity index (χ1n) is 16.4. The highest BCUT2D eigenvalue weighted by Crippen LogP contribution is 2.43. The number of halogens is 2. The van der Waals surface area contributed by atoms with Crippen LogP contribution in [0.4, 0.5) is 11.4 Å². The standard InChI is InChI=1S/C28H30N2O3.C12H9N3S.2ClH/c1-6-29-23-15-25-21(13-17(23)4)27(19-11-9-10-12-20(19)28(31)32-8-3)22-14-18(5)24(30-7-2)16-26(22)33-25;13-7-1-3-9-11(5-7)16-12-6-8(14)2-4-10(12)15-9;;/h9-16,29H,6-8H2,1-5H3;1-6,13H,14H2;2*1H. The van der Waals surface area contributed by atoms with Crippen LogP contribution in [0.15, 0.2) is 94.3 Å². The van der Waals surface area contributed by atoms with Gasteiger partial charge in [-0.1, -0.05) is 18.2 Å². The summed E-state index contributed by atoms with van der Waals surface area (Å²) in [7, 11) is 0. The zero-order valence-electron chi connectivity index (χ0n) is 29.2. The van der Waals surface area contributed by atoms with Crippen LogP contribution in [0, 0.1) is 13.8 Å². The molecule has 0 aromatic heterocycles. The molecule has 0 spiro atoms. The molecule has 0 atom stereocenters. The number of anilines is 2. The van der Waals surface area contributed by atoms with Gasteiger partial charge in [0.15, 0.2) is 5.36 Å². The molecule has 4 aliphatic rings. The Labute approximate surface area is 313 Å². The lowest BCUT2D eigenvalue weighted by Crippen LogP contribution is -3.00. The molecule has 3 aromatic carbocycles. The molecule has 0 amide bonds. The Morgan fingerprint density at radius 1 is 0.961 bits per heavy atom. The zero-order valence-corrected chi connectivity index (χ0v) is 31.6. The van der Waals surface area contributed by atoms with Crippen LogP contribution in [0.2, 0.25) is 0 Å². The van der Waals surface area contributed by atoms with Crippen molar-refractivity contribution in [2.24, 2.45) is 4.99 Å². The molecule has 0 saturated carbocycles. The van der Waals surface area contributed by atoms with Gasteiger partial charge in [-0.3, -0.25) is 10.4 Å². The fourth-order valence-corrected chi connectivity index (χ4v) is 7.01. The molecular formula is C40H41Cl2N5O3S. The van der Waals surface area contributed by atoms with Gasteiger partial charge in [-0.2, -0.15) is 0 Å². The maximum absolute atomic E-state index is 12.9. The number of hydrogen-bond donors (Lipinski definition) is 3. The fourth-order valence-electron chi connectivity index (χ4n) is 5.95. The third-order valence-corrected chi connectivity index (χ3v) is 9.29. The van der Waals surface area contributed by atoms with Gasteiger partial charge in [0.2, 0.25) is 0 Å². The Kier molecular flexibility index (Phi) is 12.8. The van der Waals surface area contributed by atoms with Gasteiger partial charge < -0.3 is 32.6 Å². The average Bonchev–Trinajstić information content (AvgIpc) is 3.08. The Bertz CT molecular complexity index is 2410. The summed E-state index contributed by atoms with van der Waals surface area (Å²) in [5, 5.41) is 11.8. The van der Waals surface area contributed by atoms with E-state index in [1.807, 2.05) is 86.6 Å². The van der Waals surface area contributed by atoms with Crippen molar-refractivity contribution in [2.45, 2.75) is 34.6 Å². The van der Waals surface area contributed by atoms with E-state index in [-0.39, 0.29) is 30.8 Å². The first-order valence-corrected chi connectivity index (χ1v) is 17.2. The topological polar surface area (TPSA) is 128 Å². The summed E-state index contributed by atoms with van der Waals surface area (Å²) in [5.74, 6) is 0.408. The lowest BCUT2D eigenvalue weighted by Gasteiger charge is -2.19. The monoisotopic (exact) mass is 741 g/mol. The van der Waals surface area contributed by atoms with Crippen LogP contribution >= 0.6 is 23.7 Å². The molecule has 0 unspecified atom stereocenters. The second-order valence-corrected chi connectivity index (χ2v) is 12.8. The Hall–Kier alpha value is -4.96. The van der Waals surface area contributed by atoms with Crippen LogP contribution in [0.25, 0.3) is 54.2 Å². The first kappa shape index (κ1) is 38.8. The number of nitrogens with two attached hydrogens (primary N) is 2. The van der Waals surface area contributed by atoms with Crippen LogP contribution in [-0.4, -0.2) is 30.6 Å². The number of nitrogen functional groups attached to an aromatic ring is 1. The Balaban J connectivity index is 0.000000272. The summed E-state index contributed by atoms with van der Waals surface area (Å²) in [5.41, 5.74) is 15.7. The number of ether oxygens (including phenoxy) is 1. The van der Waals surface area contributed by atoms with Crippen molar-refractivity contribution in [2.75, 3.05) is 30.7 Å². The van der Waals surface area contributed by atoms with E-state index in [4.69, 9.17) is 20.3 Å². The third kappa shape index (κ3) is 8.17. The van der Waals surface area contributed by atoms with Gasteiger partial charge in [0, 0.05) is 65.2 Å². The number of aromatic nitrogens is 1. The molecule has 2 aliphatic carbocycles. The number of carbonyl (C=O) groups excluding carboxylic acids is 1. The maximum Gasteiger partial charge on any atom is 0.338 e. The van der Waals surface area contributed by atoms with Gasteiger partial charge in [-0.05, 0) is 93.8 Å². The summed E-state index contributed by atoms with van der Waals surface area (Å²) in [6.45, 7) is 11.9. The summed E-state index contributed by atoms with van der Waals surface area (Å²) < 4.78 is 12.9.